The third-order valence-electron chi connectivity index (χ3n) is 3.39. The number of anilines is 3. The molecular formula is C18H11Cl2F2N3O. The first kappa shape index (κ1) is 18.1. The van der Waals surface area contributed by atoms with E-state index in [0.29, 0.717) is 21.4 Å². The monoisotopic (exact) mass is 393 g/mol. The maximum absolute atomic E-state index is 13.2. The predicted molar refractivity (Wildman–Crippen MR) is 98.3 cm³/mol. The van der Waals surface area contributed by atoms with Gasteiger partial charge in [-0.1, -0.05) is 23.2 Å². The molecule has 0 bridgehead atoms. The number of benzene rings is 2. The summed E-state index contributed by atoms with van der Waals surface area (Å²) in [5, 5.41) is 6.44. The van der Waals surface area contributed by atoms with Crippen LogP contribution in [-0.4, -0.2) is 10.9 Å². The van der Waals surface area contributed by atoms with Crippen LogP contribution in [-0.2, 0) is 0 Å². The van der Waals surface area contributed by atoms with Crippen LogP contribution in [0.4, 0.5) is 25.8 Å². The van der Waals surface area contributed by atoms with E-state index >= 15 is 0 Å². The highest BCUT2D eigenvalue weighted by Gasteiger charge is 2.10. The second-order valence-corrected chi connectivity index (χ2v) is 6.14. The summed E-state index contributed by atoms with van der Waals surface area (Å²) in [5.41, 5.74) is 1.41. The van der Waals surface area contributed by atoms with E-state index in [1.807, 2.05) is 0 Å². The molecule has 1 heterocycles. The van der Waals surface area contributed by atoms with E-state index in [9.17, 15) is 13.6 Å². The van der Waals surface area contributed by atoms with Gasteiger partial charge in [0.1, 0.15) is 0 Å². The number of rotatable bonds is 4. The number of pyridine rings is 1. The molecule has 2 N–H and O–H groups in total. The molecule has 0 radical (unpaired) electrons. The minimum Gasteiger partial charge on any atom is -0.353 e. The number of nitrogens with zero attached hydrogens (tertiary/aromatic N) is 1. The van der Waals surface area contributed by atoms with Crippen molar-refractivity contribution in [2.45, 2.75) is 0 Å². The first-order valence-electron chi connectivity index (χ1n) is 7.36. The first-order chi connectivity index (χ1) is 12.4. The fraction of sp³-hybridized carbons (Fsp3) is 0. The fourth-order valence-electron chi connectivity index (χ4n) is 2.16. The molecule has 2 aromatic carbocycles. The molecule has 0 saturated carbocycles. The number of nitrogens with one attached hydrogen (secondary N) is 2. The van der Waals surface area contributed by atoms with E-state index < -0.39 is 17.5 Å². The van der Waals surface area contributed by atoms with Crippen molar-refractivity contribution < 1.29 is 13.6 Å². The second-order valence-electron chi connectivity index (χ2n) is 5.29. The van der Waals surface area contributed by atoms with Crippen molar-refractivity contribution in [2.75, 3.05) is 10.6 Å². The maximum atomic E-state index is 13.2. The number of hydrogen-bond acceptors (Lipinski definition) is 3. The fourth-order valence-corrected chi connectivity index (χ4v) is 2.50. The van der Waals surface area contributed by atoms with Gasteiger partial charge in [-0.05, 0) is 36.4 Å². The quantitative estimate of drug-likeness (QED) is 0.600. The first-order valence-corrected chi connectivity index (χ1v) is 8.11. The highest BCUT2D eigenvalue weighted by molar-refractivity contribution is 6.35. The molecule has 3 aromatic rings. The van der Waals surface area contributed by atoms with E-state index in [2.05, 4.69) is 15.6 Å². The minimum absolute atomic E-state index is 0.130. The van der Waals surface area contributed by atoms with Crippen molar-refractivity contribution in [2.24, 2.45) is 0 Å². The van der Waals surface area contributed by atoms with Crippen LogP contribution >= 0.6 is 23.2 Å². The van der Waals surface area contributed by atoms with Crippen LogP contribution in [0.2, 0.25) is 10.0 Å². The predicted octanol–water partition coefficient (Wildman–Crippen LogP) is 5.66. The van der Waals surface area contributed by atoms with E-state index in [0.717, 1.165) is 12.1 Å². The molecule has 26 heavy (non-hydrogen) atoms. The molecule has 0 spiro atoms. The van der Waals surface area contributed by atoms with Gasteiger partial charge in [0.15, 0.2) is 11.6 Å². The molecular weight excluding hydrogens is 383 g/mol. The third kappa shape index (κ3) is 4.28. The zero-order valence-electron chi connectivity index (χ0n) is 13.1. The van der Waals surface area contributed by atoms with Crippen molar-refractivity contribution >= 4 is 46.2 Å². The Bertz CT molecular complexity index is 982. The van der Waals surface area contributed by atoms with Crippen LogP contribution in [0.5, 0.6) is 0 Å². The number of hydrogen-bond donors (Lipinski definition) is 2. The van der Waals surface area contributed by atoms with Crippen molar-refractivity contribution in [3.63, 3.8) is 0 Å². The lowest BCUT2D eigenvalue weighted by Gasteiger charge is -2.10. The van der Waals surface area contributed by atoms with E-state index in [4.69, 9.17) is 23.2 Å². The average molecular weight is 394 g/mol. The molecule has 0 saturated heterocycles. The summed E-state index contributed by atoms with van der Waals surface area (Å²) >= 11 is 12.0. The number of aromatic nitrogens is 1. The van der Waals surface area contributed by atoms with Gasteiger partial charge in [0.2, 0.25) is 0 Å². The summed E-state index contributed by atoms with van der Waals surface area (Å²) in [6.45, 7) is 0. The molecule has 1 amide bonds. The summed E-state index contributed by atoms with van der Waals surface area (Å²) in [5.74, 6) is -2.56. The van der Waals surface area contributed by atoms with Crippen LogP contribution in [0.15, 0.2) is 54.9 Å². The number of carbonyl (C=O) groups excluding carboxylic acids is 1. The van der Waals surface area contributed by atoms with Gasteiger partial charge in [-0.25, -0.2) is 8.78 Å². The smallest absolute Gasteiger partial charge is 0.257 e. The molecule has 0 aliphatic carbocycles. The van der Waals surface area contributed by atoms with Crippen molar-refractivity contribution in [3.8, 4) is 0 Å². The van der Waals surface area contributed by atoms with Crippen molar-refractivity contribution in [3.05, 3.63) is 82.1 Å². The summed E-state index contributed by atoms with van der Waals surface area (Å²) in [6, 6.07) is 9.56. The molecule has 1 aromatic heterocycles. The molecule has 0 aliphatic heterocycles. The standard InChI is InChI=1S/C18H11Cl2F2N3O/c19-11-1-3-14(20)17(6-11)24-13-5-10(8-23-9-13)18(26)25-12-2-4-15(21)16(22)7-12/h1-9,24H,(H,25,26). The largest absolute Gasteiger partial charge is 0.353 e. The Morgan fingerprint density at radius 1 is 0.923 bits per heavy atom. The van der Waals surface area contributed by atoms with Crippen LogP contribution in [0.3, 0.4) is 0 Å². The third-order valence-corrected chi connectivity index (χ3v) is 3.95. The molecule has 0 fully saturated rings. The number of amides is 1. The van der Waals surface area contributed by atoms with Gasteiger partial charge in [-0.2, -0.15) is 0 Å². The summed E-state index contributed by atoms with van der Waals surface area (Å²) < 4.78 is 26.2. The zero-order valence-corrected chi connectivity index (χ0v) is 14.6. The van der Waals surface area contributed by atoms with Crippen molar-refractivity contribution in [1.29, 1.82) is 0 Å². The molecule has 0 unspecified atom stereocenters. The lowest BCUT2D eigenvalue weighted by molar-refractivity contribution is 0.102. The molecule has 132 valence electrons. The van der Waals surface area contributed by atoms with Gasteiger partial charge < -0.3 is 10.6 Å². The molecule has 4 nitrogen and oxygen atoms in total. The Balaban J connectivity index is 1.78. The van der Waals surface area contributed by atoms with Gasteiger partial charge in [0, 0.05) is 23.0 Å². The van der Waals surface area contributed by atoms with Gasteiger partial charge in [-0.15, -0.1) is 0 Å². The molecule has 0 atom stereocenters. The second kappa shape index (κ2) is 7.68. The highest BCUT2D eigenvalue weighted by atomic mass is 35.5. The van der Waals surface area contributed by atoms with Crippen LogP contribution < -0.4 is 10.6 Å². The highest BCUT2D eigenvalue weighted by Crippen LogP contribution is 2.28. The Labute approximate surface area is 157 Å². The van der Waals surface area contributed by atoms with Crippen LogP contribution in [0, 0.1) is 11.6 Å². The minimum atomic E-state index is -1.05. The van der Waals surface area contributed by atoms with Gasteiger partial charge in [0.25, 0.3) is 5.91 Å². The topological polar surface area (TPSA) is 54.0 Å². The maximum Gasteiger partial charge on any atom is 0.257 e. The van der Waals surface area contributed by atoms with E-state index in [1.54, 1.807) is 24.3 Å². The van der Waals surface area contributed by atoms with E-state index in [1.165, 1.54) is 18.5 Å². The number of halogens is 4. The average Bonchev–Trinajstić information content (AvgIpc) is 2.61. The molecule has 3 rings (SSSR count). The Morgan fingerprint density at radius 2 is 1.73 bits per heavy atom. The summed E-state index contributed by atoms with van der Waals surface area (Å²) in [4.78, 5) is 16.3. The van der Waals surface area contributed by atoms with Crippen LogP contribution in [0.25, 0.3) is 0 Å². The Morgan fingerprint density at radius 3 is 2.50 bits per heavy atom. The SMILES string of the molecule is O=C(Nc1ccc(F)c(F)c1)c1cncc(Nc2cc(Cl)ccc2Cl)c1. The lowest BCUT2D eigenvalue weighted by atomic mass is 10.2. The lowest BCUT2D eigenvalue weighted by Crippen LogP contribution is -2.12. The zero-order chi connectivity index (χ0) is 18.7. The normalized spacial score (nSPS) is 10.5. The van der Waals surface area contributed by atoms with Gasteiger partial charge >= 0.3 is 0 Å². The van der Waals surface area contributed by atoms with Crippen LogP contribution in [0.1, 0.15) is 10.4 Å². The molecule has 0 aliphatic rings. The Hall–Kier alpha value is -2.70. The van der Waals surface area contributed by atoms with Gasteiger partial charge in [0.05, 0.1) is 28.2 Å². The number of carbonyl (C=O) groups is 1. The van der Waals surface area contributed by atoms with E-state index in [-0.39, 0.29) is 11.3 Å². The van der Waals surface area contributed by atoms with Crippen molar-refractivity contribution in [1.82, 2.24) is 4.98 Å². The summed E-state index contributed by atoms with van der Waals surface area (Å²) in [6.07, 6.45) is 2.85. The molecule has 8 heteroatoms. The Kier molecular flexibility index (Phi) is 5.35. The van der Waals surface area contributed by atoms with Gasteiger partial charge in [-0.3, -0.25) is 9.78 Å². The summed E-state index contributed by atoms with van der Waals surface area (Å²) in [7, 11) is 0.